The van der Waals surface area contributed by atoms with E-state index in [2.05, 4.69) is 18.3 Å². The van der Waals surface area contributed by atoms with Gasteiger partial charge in [0, 0.05) is 17.3 Å². The first-order valence-electron chi connectivity index (χ1n) is 7.52. The van der Waals surface area contributed by atoms with Gasteiger partial charge in [-0.15, -0.1) is 11.3 Å². The number of hydrogen-bond acceptors (Lipinski definition) is 4. The predicted octanol–water partition coefficient (Wildman–Crippen LogP) is 3.06. The van der Waals surface area contributed by atoms with E-state index in [0.29, 0.717) is 22.9 Å². The SMILES string of the molecule is CC1CCc2c(sc(NC(=O)CC(N)C(C)C)c2C#N)C1. The van der Waals surface area contributed by atoms with Crippen molar-refractivity contribution < 1.29 is 4.79 Å². The summed E-state index contributed by atoms with van der Waals surface area (Å²) < 4.78 is 0. The molecule has 1 aliphatic rings. The van der Waals surface area contributed by atoms with Gasteiger partial charge in [-0.05, 0) is 36.7 Å². The van der Waals surface area contributed by atoms with E-state index in [0.717, 1.165) is 24.8 Å². The quantitative estimate of drug-likeness (QED) is 0.897. The largest absolute Gasteiger partial charge is 0.327 e. The van der Waals surface area contributed by atoms with Crippen molar-refractivity contribution in [2.24, 2.45) is 17.6 Å². The minimum atomic E-state index is -0.148. The summed E-state index contributed by atoms with van der Waals surface area (Å²) in [5, 5.41) is 13.0. The number of anilines is 1. The van der Waals surface area contributed by atoms with Crippen LogP contribution in [0.4, 0.5) is 5.00 Å². The predicted molar refractivity (Wildman–Crippen MR) is 86.3 cm³/mol. The van der Waals surface area contributed by atoms with Crippen LogP contribution >= 0.6 is 11.3 Å². The van der Waals surface area contributed by atoms with Crippen LogP contribution in [0.5, 0.6) is 0 Å². The molecule has 1 aromatic heterocycles. The van der Waals surface area contributed by atoms with Gasteiger partial charge in [0.15, 0.2) is 0 Å². The molecule has 0 radical (unpaired) electrons. The standard InChI is InChI=1S/C16H23N3OS/c1-9(2)13(18)7-15(20)19-16-12(8-17)11-5-4-10(3)6-14(11)21-16/h9-10,13H,4-7,18H2,1-3H3,(H,19,20). The molecular formula is C16H23N3OS. The van der Waals surface area contributed by atoms with Gasteiger partial charge in [0.05, 0.1) is 5.56 Å². The fourth-order valence-corrected chi connectivity index (χ4v) is 3.96. The number of amides is 1. The summed E-state index contributed by atoms with van der Waals surface area (Å²) in [4.78, 5) is 13.3. The summed E-state index contributed by atoms with van der Waals surface area (Å²) in [5.41, 5.74) is 7.74. The molecule has 21 heavy (non-hydrogen) atoms. The van der Waals surface area contributed by atoms with Gasteiger partial charge in [0.2, 0.25) is 5.91 Å². The van der Waals surface area contributed by atoms with Crippen molar-refractivity contribution in [2.75, 3.05) is 5.32 Å². The van der Waals surface area contributed by atoms with E-state index in [4.69, 9.17) is 5.73 Å². The van der Waals surface area contributed by atoms with Crippen molar-refractivity contribution in [1.29, 1.82) is 5.26 Å². The van der Waals surface area contributed by atoms with Gasteiger partial charge < -0.3 is 11.1 Å². The van der Waals surface area contributed by atoms with Gasteiger partial charge in [-0.3, -0.25) is 4.79 Å². The second kappa shape index (κ2) is 6.59. The number of rotatable bonds is 4. The molecule has 1 amide bonds. The molecule has 0 saturated heterocycles. The Balaban J connectivity index is 2.14. The third-order valence-corrected chi connectivity index (χ3v) is 5.32. The number of nitrogens with zero attached hydrogens (tertiary/aromatic N) is 1. The second-order valence-corrected chi connectivity index (χ2v) is 7.43. The molecule has 4 nitrogen and oxygen atoms in total. The third-order valence-electron chi connectivity index (χ3n) is 4.15. The van der Waals surface area contributed by atoms with Crippen LogP contribution in [0.2, 0.25) is 0 Å². The molecule has 0 bridgehead atoms. The van der Waals surface area contributed by atoms with Gasteiger partial charge in [0.25, 0.3) is 0 Å². The maximum atomic E-state index is 12.1. The molecule has 2 atom stereocenters. The number of carbonyl (C=O) groups excluding carboxylic acids is 1. The molecule has 2 unspecified atom stereocenters. The highest BCUT2D eigenvalue weighted by Gasteiger charge is 2.25. The molecule has 2 rings (SSSR count). The zero-order chi connectivity index (χ0) is 15.6. The lowest BCUT2D eigenvalue weighted by Crippen LogP contribution is -2.31. The lowest BCUT2D eigenvalue weighted by Gasteiger charge is -2.17. The maximum Gasteiger partial charge on any atom is 0.226 e. The Morgan fingerprint density at radius 2 is 2.29 bits per heavy atom. The van der Waals surface area contributed by atoms with E-state index in [1.165, 1.54) is 4.88 Å². The van der Waals surface area contributed by atoms with Crippen LogP contribution in [0.3, 0.4) is 0 Å². The van der Waals surface area contributed by atoms with Crippen LogP contribution in [0.25, 0.3) is 0 Å². The van der Waals surface area contributed by atoms with Crippen molar-refractivity contribution in [3.8, 4) is 6.07 Å². The van der Waals surface area contributed by atoms with Gasteiger partial charge in [-0.25, -0.2) is 0 Å². The Kier molecular flexibility index (Phi) is 5.02. The normalized spacial score (nSPS) is 19.0. The third kappa shape index (κ3) is 3.63. The van der Waals surface area contributed by atoms with E-state index in [1.807, 2.05) is 13.8 Å². The van der Waals surface area contributed by atoms with E-state index >= 15 is 0 Å². The average Bonchev–Trinajstić information content (AvgIpc) is 2.74. The number of hydrogen-bond donors (Lipinski definition) is 2. The molecule has 5 heteroatoms. The first-order chi connectivity index (χ1) is 9.92. The number of thiophene rings is 1. The van der Waals surface area contributed by atoms with Crippen LogP contribution < -0.4 is 11.1 Å². The number of nitrogens with one attached hydrogen (secondary N) is 1. The summed E-state index contributed by atoms with van der Waals surface area (Å²) >= 11 is 1.56. The van der Waals surface area contributed by atoms with Crippen molar-refractivity contribution in [2.45, 2.75) is 52.5 Å². The summed E-state index contributed by atoms with van der Waals surface area (Å²) in [6.45, 7) is 6.24. The zero-order valence-electron chi connectivity index (χ0n) is 12.9. The molecule has 0 fully saturated rings. The van der Waals surface area contributed by atoms with Gasteiger partial charge >= 0.3 is 0 Å². The Morgan fingerprint density at radius 1 is 1.57 bits per heavy atom. The van der Waals surface area contributed by atoms with Gasteiger partial charge in [-0.1, -0.05) is 20.8 Å². The lowest BCUT2D eigenvalue weighted by molar-refractivity contribution is -0.116. The zero-order valence-corrected chi connectivity index (χ0v) is 13.7. The molecule has 1 aromatic rings. The minimum absolute atomic E-state index is 0.0978. The Bertz CT molecular complexity index is 571. The molecule has 114 valence electrons. The van der Waals surface area contributed by atoms with Crippen LogP contribution in [0.1, 0.15) is 49.6 Å². The highest BCUT2D eigenvalue weighted by atomic mass is 32.1. The molecule has 0 spiro atoms. The Labute approximate surface area is 130 Å². The molecule has 0 aliphatic heterocycles. The molecule has 0 aromatic carbocycles. The maximum absolute atomic E-state index is 12.1. The monoisotopic (exact) mass is 305 g/mol. The number of nitriles is 1. The summed E-state index contributed by atoms with van der Waals surface area (Å²) in [6, 6.07) is 2.12. The molecule has 1 aliphatic carbocycles. The van der Waals surface area contributed by atoms with Gasteiger partial charge in [0.1, 0.15) is 11.1 Å². The van der Waals surface area contributed by atoms with Crippen LogP contribution in [-0.4, -0.2) is 11.9 Å². The first kappa shape index (κ1) is 16.0. The van der Waals surface area contributed by atoms with E-state index in [9.17, 15) is 10.1 Å². The van der Waals surface area contributed by atoms with Crippen molar-refractivity contribution in [3.63, 3.8) is 0 Å². The Morgan fingerprint density at radius 3 is 2.90 bits per heavy atom. The lowest BCUT2D eigenvalue weighted by atomic mass is 9.88. The molecule has 0 saturated carbocycles. The smallest absolute Gasteiger partial charge is 0.226 e. The first-order valence-corrected chi connectivity index (χ1v) is 8.34. The van der Waals surface area contributed by atoms with Crippen LogP contribution in [0, 0.1) is 23.2 Å². The summed E-state index contributed by atoms with van der Waals surface area (Å²) in [6.07, 6.45) is 3.36. The van der Waals surface area contributed by atoms with E-state index < -0.39 is 0 Å². The molecule has 1 heterocycles. The molecule has 3 N–H and O–H groups in total. The summed E-state index contributed by atoms with van der Waals surface area (Å²) in [7, 11) is 0. The fourth-order valence-electron chi connectivity index (χ4n) is 2.58. The fraction of sp³-hybridized carbons (Fsp3) is 0.625. The number of fused-ring (bicyclic) bond motifs is 1. The minimum Gasteiger partial charge on any atom is -0.327 e. The van der Waals surface area contributed by atoms with Crippen molar-refractivity contribution >= 4 is 22.2 Å². The number of nitrogens with two attached hydrogens (primary N) is 1. The second-order valence-electron chi connectivity index (χ2n) is 6.33. The van der Waals surface area contributed by atoms with E-state index in [-0.39, 0.29) is 17.9 Å². The highest BCUT2D eigenvalue weighted by Crippen LogP contribution is 2.39. The van der Waals surface area contributed by atoms with Crippen molar-refractivity contribution in [3.05, 3.63) is 16.0 Å². The van der Waals surface area contributed by atoms with Gasteiger partial charge in [-0.2, -0.15) is 5.26 Å². The topological polar surface area (TPSA) is 78.9 Å². The average molecular weight is 305 g/mol. The Hall–Kier alpha value is -1.38. The highest BCUT2D eigenvalue weighted by molar-refractivity contribution is 7.16. The number of carbonyl (C=O) groups is 1. The summed E-state index contributed by atoms with van der Waals surface area (Å²) in [5.74, 6) is 0.823. The van der Waals surface area contributed by atoms with E-state index in [1.54, 1.807) is 11.3 Å². The van der Waals surface area contributed by atoms with Crippen LogP contribution in [0.15, 0.2) is 0 Å². The van der Waals surface area contributed by atoms with Crippen molar-refractivity contribution in [1.82, 2.24) is 0 Å². The molecular weight excluding hydrogens is 282 g/mol. The van der Waals surface area contributed by atoms with Crippen LogP contribution in [-0.2, 0) is 17.6 Å².